The molecule has 1 aliphatic rings. The zero-order valence-electron chi connectivity index (χ0n) is 19.0. The molecule has 0 amide bonds. The summed E-state index contributed by atoms with van der Waals surface area (Å²) in [6.45, 7) is -2.84. The summed E-state index contributed by atoms with van der Waals surface area (Å²) >= 11 is 0. The highest BCUT2D eigenvalue weighted by Gasteiger charge is 2.20. The average Bonchev–Trinajstić information content (AvgIpc) is 3.02. The molecular formula is C17H27NO2. The summed E-state index contributed by atoms with van der Waals surface area (Å²) in [6.07, 6.45) is 1.77. The number of fused-ring (bicyclic) bond motifs is 1. The maximum atomic E-state index is 10.3. The molecule has 112 valence electrons. The Bertz CT molecular complexity index is 658. The lowest BCUT2D eigenvalue weighted by molar-refractivity contribution is 0.0755. The van der Waals surface area contributed by atoms with E-state index in [0.29, 0.717) is 5.75 Å². The third-order valence-corrected chi connectivity index (χ3v) is 3.83. The van der Waals surface area contributed by atoms with Crippen LogP contribution in [-0.4, -0.2) is 29.9 Å². The van der Waals surface area contributed by atoms with Gasteiger partial charge in [-0.05, 0) is 55.9 Å². The van der Waals surface area contributed by atoms with Crippen LogP contribution in [0.25, 0.3) is 0 Å². The number of hydrogen-bond acceptors (Lipinski definition) is 3. The van der Waals surface area contributed by atoms with Crippen molar-refractivity contribution in [1.29, 1.82) is 0 Å². The van der Waals surface area contributed by atoms with E-state index in [4.69, 9.17) is 14.3 Å². The van der Waals surface area contributed by atoms with E-state index in [9.17, 15) is 5.11 Å². The van der Waals surface area contributed by atoms with Crippen LogP contribution in [-0.2, 0) is 12.8 Å². The molecule has 0 aliphatic heterocycles. The molecule has 2 rings (SSSR count). The average molecular weight is 284 g/mol. The Morgan fingerprint density at radius 3 is 2.90 bits per heavy atom. The zero-order valence-corrected chi connectivity index (χ0v) is 12.0. The van der Waals surface area contributed by atoms with Gasteiger partial charge in [0.05, 0.1) is 0 Å². The van der Waals surface area contributed by atoms with Crippen molar-refractivity contribution >= 4 is 0 Å². The van der Waals surface area contributed by atoms with Crippen LogP contribution in [0.5, 0.6) is 5.75 Å². The number of rotatable bonds is 6. The molecule has 0 radical (unpaired) electrons. The Morgan fingerprint density at radius 1 is 1.40 bits per heavy atom. The van der Waals surface area contributed by atoms with Crippen LogP contribution in [0, 0.1) is 6.92 Å². The topological polar surface area (TPSA) is 41.5 Å². The molecule has 0 spiro atoms. The maximum absolute atomic E-state index is 10.3. The van der Waals surface area contributed by atoms with E-state index in [1.54, 1.807) is 0 Å². The lowest BCUT2D eigenvalue weighted by Gasteiger charge is -2.23. The van der Waals surface area contributed by atoms with Gasteiger partial charge in [-0.3, -0.25) is 0 Å². The standard InChI is InChI=1S/C17H27NO2/c1-11(2)18-13(4)16(19)10-20-17-9-8-12(3)14-6-5-7-15(14)17/h8-9,11,13,16,18-19H,5-7,10H2,1-4H3/t13-,16+/m0/s1/i1D3,2D3,11D. The van der Waals surface area contributed by atoms with Crippen LogP contribution in [0.3, 0.4) is 0 Å². The summed E-state index contributed by atoms with van der Waals surface area (Å²) in [6, 6.07) is -0.0389. The molecule has 1 aromatic rings. The van der Waals surface area contributed by atoms with Gasteiger partial charge in [0.2, 0.25) is 0 Å². The largest absolute Gasteiger partial charge is 0.491 e. The van der Waals surface area contributed by atoms with Crippen molar-refractivity contribution in [2.75, 3.05) is 6.61 Å². The first kappa shape index (κ1) is 8.40. The fourth-order valence-corrected chi connectivity index (χ4v) is 2.63. The van der Waals surface area contributed by atoms with E-state index in [-0.39, 0.29) is 6.61 Å². The van der Waals surface area contributed by atoms with Gasteiger partial charge in [-0.2, -0.15) is 0 Å². The van der Waals surface area contributed by atoms with Crippen molar-refractivity contribution in [3.8, 4) is 5.75 Å². The van der Waals surface area contributed by atoms with Crippen LogP contribution in [0.2, 0.25) is 0 Å². The zero-order chi connectivity index (χ0) is 20.6. The van der Waals surface area contributed by atoms with E-state index in [2.05, 4.69) is 5.32 Å². The highest BCUT2D eigenvalue weighted by molar-refractivity contribution is 5.47. The first-order chi connectivity index (χ1) is 12.3. The number of ether oxygens (including phenoxy) is 1. The van der Waals surface area contributed by atoms with E-state index >= 15 is 0 Å². The van der Waals surface area contributed by atoms with Crippen LogP contribution >= 0.6 is 0 Å². The smallest absolute Gasteiger partial charge is 0.122 e. The Morgan fingerprint density at radius 2 is 2.15 bits per heavy atom. The molecule has 2 atom stereocenters. The van der Waals surface area contributed by atoms with E-state index in [1.165, 1.54) is 18.1 Å². The second-order valence-corrected chi connectivity index (χ2v) is 5.38. The summed E-state index contributed by atoms with van der Waals surface area (Å²) in [4.78, 5) is 0. The van der Waals surface area contributed by atoms with Gasteiger partial charge in [0.15, 0.2) is 0 Å². The van der Waals surface area contributed by atoms with Gasteiger partial charge in [-0.1, -0.05) is 19.8 Å². The number of nitrogens with one attached hydrogen (secondary N) is 1. The van der Waals surface area contributed by atoms with Gasteiger partial charge in [-0.25, -0.2) is 0 Å². The lowest BCUT2D eigenvalue weighted by Crippen LogP contribution is -2.43. The van der Waals surface area contributed by atoms with Crippen molar-refractivity contribution in [2.24, 2.45) is 0 Å². The fraction of sp³-hybridized carbons (Fsp3) is 0.647. The van der Waals surface area contributed by atoms with Crippen LogP contribution < -0.4 is 10.1 Å². The van der Waals surface area contributed by atoms with E-state index in [1.807, 2.05) is 19.1 Å². The normalized spacial score (nSPS) is 24.1. The predicted octanol–water partition coefficient (Wildman–Crippen LogP) is 2.61. The molecule has 0 bridgehead atoms. The van der Waals surface area contributed by atoms with Gasteiger partial charge in [0.25, 0.3) is 0 Å². The third-order valence-electron chi connectivity index (χ3n) is 3.83. The van der Waals surface area contributed by atoms with Crippen LogP contribution in [0.15, 0.2) is 12.1 Å². The molecule has 0 heterocycles. The lowest BCUT2D eigenvalue weighted by atomic mass is 10.0. The van der Waals surface area contributed by atoms with Crippen molar-refractivity contribution in [3.05, 3.63) is 28.8 Å². The maximum Gasteiger partial charge on any atom is 0.122 e. The molecule has 2 N–H and O–H groups in total. The second-order valence-electron chi connectivity index (χ2n) is 5.38. The number of benzene rings is 1. The third kappa shape index (κ3) is 3.53. The molecule has 0 saturated carbocycles. The SMILES string of the molecule is [2H]C([2H])([2H])C([2H])(N[C@@H](C)[C@H](O)COc1ccc(C)c2c1CCC2)C([2H])([2H])[2H]. The molecule has 3 nitrogen and oxygen atoms in total. The summed E-state index contributed by atoms with van der Waals surface area (Å²) in [5.74, 6) is 0.683. The van der Waals surface area contributed by atoms with Gasteiger partial charge >= 0.3 is 0 Å². The Kier molecular flexibility index (Phi) is 2.77. The van der Waals surface area contributed by atoms with Gasteiger partial charge in [-0.15, -0.1) is 0 Å². The summed E-state index contributed by atoms with van der Waals surface area (Å²) in [7, 11) is 0. The summed E-state index contributed by atoms with van der Waals surface area (Å²) in [5, 5.41) is 12.6. The Balaban J connectivity index is 2.06. The van der Waals surface area contributed by atoms with Crippen molar-refractivity contribution in [3.63, 3.8) is 0 Å². The Hall–Kier alpha value is -1.06. The number of aryl methyl sites for hydroxylation is 1. The molecule has 0 aromatic heterocycles. The first-order valence-corrected chi connectivity index (χ1v) is 6.98. The summed E-state index contributed by atoms with van der Waals surface area (Å²) < 4.78 is 58.3. The van der Waals surface area contributed by atoms with E-state index in [0.717, 1.165) is 24.8 Å². The molecule has 0 fully saturated rings. The van der Waals surface area contributed by atoms with Gasteiger partial charge in [0, 0.05) is 21.7 Å². The van der Waals surface area contributed by atoms with Gasteiger partial charge < -0.3 is 15.2 Å². The molecule has 3 heteroatoms. The minimum atomic E-state index is -3.09. The van der Waals surface area contributed by atoms with Gasteiger partial charge in [0.1, 0.15) is 18.5 Å². The number of aliphatic hydroxyl groups excluding tert-OH is 1. The summed E-state index contributed by atoms with van der Waals surface area (Å²) in [5.41, 5.74) is 3.60. The van der Waals surface area contributed by atoms with Crippen LogP contribution in [0.4, 0.5) is 0 Å². The number of hydrogen-bond donors (Lipinski definition) is 2. The number of aliphatic hydroxyl groups is 1. The quantitative estimate of drug-likeness (QED) is 0.844. The first-order valence-electron chi connectivity index (χ1n) is 10.5. The highest BCUT2D eigenvalue weighted by Crippen LogP contribution is 2.33. The minimum Gasteiger partial charge on any atom is -0.491 e. The molecule has 1 aromatic carbocycles. The van der Waals surface area contributed by atoms with Crippen molar-refractivity contribution < 1.29 is 19.4 Å². The fourth-order valence-electron chi connectivity index (χ4n) is 2.63. The molecular weight excluding hydrogens is 250 g/mol. The van der Waals surface area contributed by atoms with Crippen LogP contribution in [0.1, 0.15) is 53.3 Å². The molecule has 1 aliphatic carbocycles. The van der Waals surface area contributed by atoms with Crippen molar-refractivity contribution in [1.82, 2.24) is 5.32 Å². The van der Waals surface area contributed by atoms with E-state index < -0.39 is 31.9 Å². The molecule has 0 saturated heterocycles. The van der Waals surface area contributed by atoms with Crippen molar-refractivity contribution in [2.45, 2.75) is 65.0 Å². The minimum absolute atomic E-state index is 0.137. The monoisotopic (exact) mass is 284 g/mol. The predicted molar refractivity (Wildman–Crippen MR) is 82.4 cm³/mol. The second kappa shape index (κ2) is 6.59. The molecule has 0 unspecified atom stereocenters. The highest BCUT2D eigenvalue weighted by atomic mass is 16.5. The Labute approximate surface area is 132 Å². The molecule has 20 heavy (non-hydrogen) atoms.